The lowest BCUT2D eigenvalue weighted by Crippen LogP contribution is -2.68. The first-order valence-electron chi connectivity index (χ1n) is 12.1. The maximum atomic E-state index is 4.36. The number of aryl methyl sites for hydroxylation is 1. The van der Waals surface area contributed by atoms with Gasteiger partial charge in [-0.1, -0.05) is 77.1 Å². The van der Waals surface area contributed by atoms with Crippen molar-refractivity contribution in [3.8, 4) is 11.3 Å². The Labute approximate surface area is 190 Å². The first-order valence-corrected chi connectivity index (χ1v) is 12.1. The molecular weight excluding hydrogens is 374 g/mol. The lowest BCUT2D eigenvalue weighted by atomic mass is 9.59. The number of pyridine rings is 1. The van der Waals surface area contributed by atoms with Crippen molar-refractivity contribution in [2.75, 3.05) is 0 Å². The summed E-state index contributed by atoms with van der Waals surface area (Å²) in [6.07, 6.45) is 17.6. The molecule has 0 aliphatic carbocycles. The van der Waals surface area contributed by atoms with Crippen LogP contribution in [0.15, 0.2) is 61.8 Å². The van der Waals surface area contributed by atoms with Crippen LogP contribution in [0.5, 0.6) is 0 Å². The minimum Gasteiger partial charge on any atom is -0.188 e. The van der Waals surface area contributed by atoms with Crippen LogP contribution in [0, 0.1) is 6.92 Å². The summed E-state index contributed by atoms with van der Waals surface area (Å²) in [7, 11) is 0. The highest BCUT2D eigenvalue weighted by Gasteiger charge is 2.58. The van der Waals surface area contributed by atoms with Gasteiger partial charge in [-0.15, -0.1) is 0 Å². The SMILES string of the molecule is C=CC=Cc1cc[n+]2c(c1C)-c1cc(CCCCC)ccc1C(C)(CC)C2(C=C)CC. The molecule has 1 aromatic carbocycles. The normalized spacial score (nSPS) is 22.2. The number of fused-ring (bicyclic) bond motifs is 3. The highest BCUT2D eigenvalue weighted by molar-refractivity contribution is 5.73. The average molecular weight is 415 g/mol. The molecule has 0 bridgehead atoms. The van der Waals surface area contributed by atoms with Gasteiger partial charge < -0.3 is 0 Å². The third kappa shape index (κ3) is 3.63. The molecule has 3 rings (SSSR count). The number of hydrogen-bond acceptors (Lipinski definition) is 0. The van der Waals surface area contributed by atoms with Gasteiger partial charge in [0.15, 0.2) is 11.7 Å². The van der Waals surface area contributed by atoms with E-state index < -0.39 is 0 Å². The van der Waals surface area contributed by atoms with E-state index in [1.807, 2.05) is 12.2 Å². The molecule has 0 saturated carbocycles. The van der Waals surface area contributed by atoms with Crippen LogP contribution in [-0.4, -0.2) is 0 Å². The first kappa shape index (κ1) is 23.3. The fourth-order valence-electron chi connectivity index (χ4n) is 5.72. The van der Waals surface area contributed by atoms with Crippen LogP contribution >= 0.6 is 0 Å². The highest BCUT2D eigenvalue weighted by Crippen LogP contribution is 2.51. The van der Waals surface area contributed by atoms with E-state index in [-0.39, 0.29) is 11.0 Å². The molecule has 1 aliphatic rings. The van der Waals surface area contributed by atoms with Gasteiger partial charge in [0.1, 0.15) is 0 Å². The van der Waals surface area contributed by atoms with Crippen molar-refractivity contribution >= 4 is 6.08 Å². The van der Waals surface area contributed by atoms with E-state index in [1.54, 1.807) is 0 Å². The highest BCUT2D eigenvalue weighted by atomic mass is 15.1. The summed E-state index contributed by atoms with van der Waals surface area (Å²) in [5.41, 5.74) is 8.06. The predicted octanol–water partition coefficient (Wildman–Crippen LogP) is 7.85. The Hall–Kier alpha value is -2.41. The van der Waals surface area contributed by atoms with Crippen LogP contribution < -0.4 is 4.57 Å². The molecule has 0 amide bonds. The van der Waals surface area contributed by atoms with Crippen molar-refractivity contribution in [2.24, 2.45) is 0 Å². The average Bonchev–Trinajstić information content (AvgIpc) is 2.79. The number of hydrogen-bond donors (Lipinski definition) is 0. The Morgan fingerprint density at radius 2 is 1.81 bits per heavy atom. The molecule has 1 aromatic heterocycles. The Balaban J connectivity index is 2.35. The molecule has 1 nitrogen and oxygen atoms in total. The topological polar surface area (TPSA) is 3.88 Å². The summed E-state index contributed by atoms with van der Waals surface area (Å²) in [4.78, 5) is 0. The van der Waals surface area contributed by atoms with Gasteiger partial charge in [0, 0.05) is 18.1 Å². The van der Waals surface area contributed by atoms with Crippen LogP contribution in [0.2, 0.25) is 0 Å². The number of aromatic nitrogens is 1. The summed E-state index contributed by atoms with van der Waals surface area (Å²) in [6, 6.07) is 9.52. The van der Waals surface area contributed by atoms with Crippen LogP contribution in [0.25, 0.3) is 17.3 Å². The van der Waals surface area contributed by atoms with Crippen molar-refractivity contribution in [1.82, 2.24) is 0 Å². The molecule has 0 radical (unpaired) electrons. The second-order valence-electron chi connectivity index (χ2n) is 9.21. The minimum absolute atomic E-state index is 0.0106. The Bertz CT molecular complexity index is 996. The Morgan fingerprint density at radius 3 is 2.42 bits per heavy atom. The number of rotatable bonds is 9. The number of nitrogens with zero attached hydrogens (tertiary/aromatic N) is 1. The van der Waals surface area contributed by atoms with Crippen molar-refractivity contribution in [3.05, 3.63) is 84.1 Å². The van der Waals surface area contributed by atoms with Gasteiger partial charge in [-0.3, -0.25) is 0 Å². The van der Waals surface area contributed by atoms with Crippen molar-refractivity contribution in [1.29, 1.82) is 0 Å². The molecule has 0 saturated heterocycles. The summed E-state index contributed by atoms with van der Waals surface area (Å²) < 4.78 is 2.53. The molecule has 2 unspecified atom stereocenters. The molecule has 0 fully saturated rings. The Kier molecular flexibility index (Phi) is 7.04. The van der Waals surface area contributed by atoms with E-state index >= 15 is 0 Å². The number of allylic oxidation sites excluding steroid dienone is 3. The third-order valence-electron chi connectivity index (χ3n) is 7.82. The van der Waals surface area contributed by atoms with Crippen molar-refractivity contribution < 1.29 is 4.57 Å². The zero-order valence-electron chi connectivity index (χ0n) is 20.3. The van der Waals surface area contributed by atoms with Crippen LogP contribution in [0.4, 0.5) is 0 Å². The molecule has 31 heavy (non-hydrogen) atoms. The number of benzene rings is 1. The van der Waals surface area contributed by atoms with E-state index in [1.165, 1.54) is 52.8 Å². The van der Waals surface area contributed by atoms with Gasteiger partial charge in [-0.05, 0) is 61.9 Å². The molecule has 1 heteroatoms. The molecule has 2 aromatic rings. The second kappa shape index (κ2) is 9.39. The summed E-state index contributed by atoms with van der Waals surface area (Å²) in [5.74, 6) is 0. The molecule has 0 N–H and O–H groups in total. The summed E-state index contributed by atoms with van der Waals surface area (Å²) in [6.45, 7) is 19.8. The van der Waals surface area contributed by atoms with E-state index in [0.29, 0.717) is 0 Å². The van der Waals surface area contributed by atoms with Crippen LogP contribution in [0.3, 0.4) is 0 Å². The largest absolute Gasteiger partial charge is 0.217 e. The van der Waals surface area contributed by atoms with Gasteiger partial charge in [0.2, 0.25) is 5.69 Å². The van der Waals surface area contributed by atoms with Crippen LogP contribution in [0.1, 0.15) is 82.1 Å². The Morgan fingerprint density at radius 1 is 1.03 bits per heavy atom. The zero-order valence-corrected chi connectivity index (χ0v) is 20.3. The van der Waals surface area contributed by atoms with Crippen LogP contribution in [-0.2, 0) is 17.4 Å². The monoisotopic (exact) mass is 414 g/mol. The molecule has 164 valence electrons. The van der Waals surface area contributed by atoms with Gasteiger partial charge in [0.25, 0.3) is 0 Å². The van der Waals surface area contributed by atoms with Gasteiger partial charge in [-0.2, -0.15) is 4.57 Å². The second-order valence-corrected chi connectivity index (χ2v) is 9.21. The van der Waals surface area contributed by atoms with Crippen molar-refractivity contribution in [3.63, 3.8) is 0 Å². The quantitative estimate of drug-likeness (QED) is 0.170. The van der Waals surface area contributed by atoms with E-state index in [9.17, 15) is 0 Å². The minimum atomic E-state index is -0.154. The smallest absolute Gasteiger partial charge is 0.188 e. The summed E-state index contributed by atoms with van der Waals surface area (Å²) in [5, 5.41) is 0. The van der Waals surface area contributed by atoms with Gasteiger partial charge in [-0.25, -0.2) is 0 Å². The maximum Gasteiger partial charge on any atom is 0.217 e. The van der Waals surface area contributed by atoms with E-state index in [2.05, 4.69) is 95.0 Å². The van der Waals surface area contributed by atoms with Crippen molar-refractivity contribution in [2.45, 2.75) is 84.1 Å². The first-order chi connectivity index (χ1) is 14.9. The standard InChI is InChI=1S/C30H40N/c1-8-13-15-16-24-18-19-27-26(22-24)28-23(6)25(17-14-9-2)20-21-31(28)30(11-4,12-5)29(27,7)10-3/h9,11,14,17-22H,2,4,8,10,12-13,15-16H2,1,3,5-7H3/q+1. The lowest BCUT2D eigenvalue weighted by Gasteiger charge is -2.46. The maximum absolute atomic E-state index is 4.36. The molecular formula is C30H40N+. The summed E-state index contributed by atoms with van der Waals surface area (Å²) >= 11 is 0. The lowest BCUT2D eigenvalue weighted by molar-refractivity contribution is -0.756. The van der Waals surface area contributed by atoms with E-state index in [0.717, 1.165) is 19.3 Å². The molecule has 1 aliphatic heterocycles. The predicted molar refractivity (Wildman–Crippen MR) is 135 cm³/mol. The third-order valence-corrected chi connectivity index (χ3v) is 7.82. The zero-order chi connectivity index (χ0) is 22.6. The number of unbranched alkanes of at least 4 members (excludes halogenated alkanes) is 2. The molecule has 2 heterocycles. The molecule has 0 spiro atoms. The fourth-order valence-corrected chi connectivity index (χ4v) is 5.72. The van der Waals surface area contributed by atoms with Gasteiger partial charge in [0.05, 0.1) is 11.0 Å². The van der Waals surface area contributed by atoms with Gasteiger partial charge >= 0.3 is 0 Å². The fraction of sp³-hybridized carbons (Fsp3) is 0.433. The van der Waals surface area contributed by atoms with E-state index in [4.69, 9.17) is 0 Å². The molecule has 2 atom stereocenters.